The van der Waals surface area contributed by atoms with Gasteiger partial charge in [0.25, 0.3) is 10.0 Å². The van der Waals surface area contributed by atoms with Crippen LogP contribution < -0.4 is 13.8 Å². The Labute approximate surface area is 254 Å². The van der Waals surface area contributed by atoms with E-state index in [1.165, 1.54) is 63.1 Å². The number of alkyl halides is 3. The number of benzene rings is 3. The van der Waals surface area contributed by atoms with Gasteiger partial charge in [-0.1, -0.05) is 43.9 Å². The second-order valence-electron chi connectivity index (χ2n) is 11.2. The van der Waals surface area contributed by atoms with Crippen molar-refractivity contribution in [3.63, 3.8) is 0 Å². The quantitative estimate of drug-likeness (QED) is 0.234. The number of methoxy groups -OCH3 is 1. The Morgan fingerprint density at radius 1 is 0.977 bits per heavy atom. The van der Waals surface area contributed by atoms with E-state index in [1.54, 1.807) is 30.3 Å². The Morgan fingerprint density at radius 3 is 2.34 bits per heavy atom. The molecule has 1 fully saturated rings. The third-order valence-electron chi connectivity index (χ3n) is 8.25. The van der Waals surface area contributed by atoms with E-state index >= 15 is 4.39 Å². The molecule has 0 N–H and O–H groups in total. The molecule has 3 aromatic rings. The Kier molecular flexibility index (Phi) is 9.38. The highest BCUT2D eigenvalue weighted by molar-refractivity contribution is 7.92. The molecule has 0 atom stereocenters. The lowest BCUT2D eigenvalue weighted by atomic mass is 10.00. The summed E-state index contributed by atoms with van der Waals surface area (Å²) >= 11 is 0. The normalized spacial score (nSPS) is 15.6. The topological polar surface area (TPSA) is 76.2 Å². The highest BCUT2D eigenvalue weighted by Gasteiger charge is 2.43. The number of rotatable bonds is 10. The number of hydrogen-bond donors (Lipinski definition) is 0. The number of ether oxygens (including phenoxy) is 2. The molecule has 0 aromatic heterocycles. The van der Waals surface area contributed by atoms with Crippen LogP contribution in [0.15, 0.2) is 65.6 Å². The predicted octanol–water partition coefficient (Wildman–Crippen LogP) is 6.64. The van der Waals surface area contributed by atoms with Gasteiger partial charge in [0.15, 0.2) is 5.82 Å². The number of amides is 1. The van der Waals surface area contributed by atoms with Crippen LogP contribution in [0, 0.1) is 11.7 Å². The van der Waals surface area contributed by atoms with Crippen LogP contribution in [0.5, 0.6) is 11.5 Å². The molecule has 0 saturated heterocycles. The number of anilines is 1. The van der Waals surface area contributed by atoms with Gasteiger partial charge in [-0.25, -0.2) is 12.8 Å². The molecule has 1 amide bonds. The van der Waals surface area contributed by atoms with Gasteiger partial charge < -0.3 is 14.4 Å². The van der Waals surface area contributed by atoms with Crippen molar-refractivity contribution < 1.29 is 40.2 Å². The number of nitrogens with zero attached hydrogens (tertiary/aromatic N) is 2. The summed E-state index contributed by atoms with van der Waals surface area (Å²) in [5.74, 6) is -1.24. The minimum atomic E-state index is -5.00. The van der Waals surface area contributed by atoms with E-state index in [9.17, 15) is 26.4 Å². The van der Waals surface area contributed by atoms with E-state index in [1.807, 2.05) is 0 Å². The SMILES string of the molecule is COc1ccc(CN(c2ccc(OCCC3CCCC3)cc2F)S(=O)(=O)c2ccc3c(c2)CCN(C(=O)C(F)(F)F)C3)cc1. The third-order valence-corrected chi connectivity index (χ3v) is 10.0. The highest BCUT2D eigenvalue weighted by Crippen LogP contribution is 2.34. The van der Waals surface area contributed by atoms with Crippen LogP contribution in [0.2, 0.25) is 0 Å². The fourth-order valence-electron chi connectivity index (χ4n) is 5.79. The average Bonchev–Trinajstić information content (AvgIpc) is 3.53. The van der Waals surface area contributed by atoms with Crippen LogP contribution in [-0.4, -0.2) is 45.7 Å². The van der Waals surface area contributed by atoms with Crippen LogP contribution in [0.3, 0.4) is 0 Å². The largest absolute Gasteiger partial charge is 0.497 e. The smallest absolute Gasteiger partial charge is 0.471 e. The molecule has 1 aliphatic heterocycles. The van der Waals surface area contributed by atoms with Crippen molar-refractivity contribution in [1.82, 2.24) is 4.90 Å². The molecule has 2 aliphatic rings. The maximum atomic E-state index is 15.6. The number of fused-ring (bicyclic) bond motifs is 1. The molecule has 0 bridgehead atoms. The molecule has 1 saturated carbocycles. The monoisotopic (exact) mass is 634 g/mol. The van der Waals surface area contributed by atoms with Gasteiger partial charge in [0.05, 0.1) is 30.8 Å². The molecule has 7 nitrogen and oxygen atoms in total. The van der Waals surface area contributed by atoms with Crippen LogP contribution in [0.1, 0.15) is 48.8 Å². The first kappa shape index (κ1) is 31.6. The fraction of sp³-hybridized carbons (Fsp3) is 0.406. The number of hydrogen-bond acceptors (Lipinski definition) is 5. The maximum Gasteiger partial charge on any atom is 0.471 e. The summed E-state index contributed by atoms with van der Waals surface area (Å²) in [4.78, 5) is 12.3. The first-order valence-corrected chi connectivity index (χ1v) is 16.0. The van der Waals surface area contributed by atoms with E-state index in [0.717, 1.165) is 10.7 Å². The lowest BCUT2D eigenvalue weighted by Crippen LogP contribution is -2.43. The van der Waals surface area contributed by atoms with Crippen molar-refractivity contribution in [2.24, 2.45) is 5.92 Å². The fourth-order valence-corrected chi connectivity index (χ4v) is 7.30. The summed E-state index contributed by atoms with van der Waals surface area (Å²) in [6.07, 6.45) is 0.689. The first-order chi connectivity index (χ1) is 21.0. The lowest BCUT2D eigenvalue weighted by molar-refractivity contribution is -0.186. The predicted molar refractivity (Wildman–Crippen MR) is 156 cm³/mol. The van der Waals surface area contributed by atoms with Crippen molar-refractivity contribution in [2.45, 2.75) is 62.7 Å². The molecular weight excluding hydrogens is 600 g/mol. The zero-order valence-electron chi connectivity index (χ0n) is 24.3. The van der Waals surface area contributed by atoms with Gasteiger partial charge in [-0.15, -0.1) is 0 Å². The molecule has 1 aliphatic carbocycles. The number of halogens is 4. The molecule has 44 heavy (non-hydrogen) atoms. The second kappa shape index (κ2) is 13.1. The minimum Gasteiger partial charge on any atom is -0.497 e. The summed E-state index contributed by atoms with van der Waals surface area (Å²) in [5, 5.41) is 0. The maximum absolute atomic E-state index is 15.6. The van der Waals surface area contributed by atoms with Crippen molar-refractivity contribution in [2.75, 3.05) is 24.6 Å². The summed E-state index contributed by atoms with van der Waals surface area (Å²) < 4.78 is 94.7. The highest BCUT2D eigenvalue weighted by atomic mass is 32.2. The standard InChI is InChI=1S/C32H34F4N2O5S/c1-42-26-9-6-23(7-10-26)20-38(30-13-11-27(19-29(30)33)43-17-15-22-4-2-3-5-22)44(40,41)28-12-8-25-21-37(16-14-24(25)18-28)31(39)32(34,35)36/h6-13,18-19,22H,2-5,14-17,20-21H2,1H3. The number of carbonyl (C=O) groups excluding carboxylic acids is 1. The van der Waals surface area contributed by atoms with Gasteiger partial charge in [-0.2, -0.15) is 13.2 Å². The van der Waals surface area contributed by atoms with Crippen molar-refractivity contribution in [3.8, 4) is 11.5 Å². The molecular formula is C32H34F4N2O5S. The molecule has 0 unspecified atom stereocenters. The summed E-state index contributed by atoms with van der Waals surface area (Å²) in [6, 6.07) is 14.9. The van der Waals surface area contributed by atoms with Gasteiger partial charge in [0, 0.05) is 19.2 Å². The summed E-state index contributed by atoms with van der Waals surface area (Å²) in [5.41, 5.74) is 1.32. The van der Waals surface area contributed by atoms with E-state index < -0.39 is 27.9 Å². The van der Waals surface area contributed by atoms with E-state index in [2.05, 4.69) is 0 Å². The van der Waals surface area contributed by atoms with E-state index in [0.29, 0.717) is 45.6 Å². The molecule has 3 aromatic carbocycles. The number of sulfonamides is 1. The molecule has 0 spiro atoms. The van der Waals surface area contributed by atoms with Gasteiger partial charge >= 0.3 is 12.1 Å². The Hall–Kier alpha value is -3.80. The Balaban J connectivity index is 1.42. The van der Waals surface area contributed by atoms with Crippen LogP contribution in [-0.2, 0) is 34.3 Å². The van der Waals surface area contributed by atoms with E-state index in [-0.39, 0.29) is 36.6 Å². The summed E-state index contributed by atoms with van der Waals surface area (Å²) in [7, 11) is -2.85. The van der Waals surface area contributed by atoms with Gasteiger partial charge in [0.2, 0.25) is 0 Å². The zero-order chi connectivity index (χ0) is 31.5. The molecule has 0 radical (unpaired) electrons. The summed E-state index contributed by atoms with van der Waals surface area (Å²) in [6.45, 7) is -0.254. The minimum absolute atomic E-state index is 0.0419. The lowest BCUT2D eigenvalue weighted by Gasteiger charge is -2.30. The Bertz CT molecular complexity index is 1590. The van der Waals surface area contributed by atoms with Crippen molar-refractivity contribution in [1.29, 1.82) is 0 Å². The molecule has 1 heterocycles. The first-order valence-electron chi connectivity index (χ1n) is 14.5. The van der Waals surface area contributed by atoms with Crippen LogP contribution in [0.4, 0.5) is 23.2 Å². The van der Waals surface area contributed by atoms with Gasteiger partial charge in [-0.3, -0.25) is 9.10 Å². The van der Waals surface area contributed by atoms with Crippen LogP contribution >= 0.6 is 0 Å². The van der Waals surface area contributed by atoms with Crippen molar-refractivity contribution >= 4 is 21.6 Å². The second-order valence-corrected chi connectivity index (χ2v) is 13.0. The molecule has 12 heteroatoms. The van der Waals surface area contributed by atoms with E-state index in [4.69, 9.17) is 9.47 Å². The Morgan fingerprint density at radius 2 is 1.68 bits per heavy atom. The number of carbonyl (C=O) groups is 1. The van der Waals surface area contributed by atoms with Gasteiger partial charge in [0.1, 0.15) is 11.5 Å². The average molecular weight is 635 g/mol. The van der Waals surface area contributed by atoms with Crippen molar-refractivity contribution in [3.05, 3.63) is 83.2 Å². The zero-order valence-corrected chi connectivity index (χ0v) is 25.1. The molecule has 5 rings (SSSR count). The molecule has 236 valence electrons. The third kappa shape index (κ3) is 7.11. The van der Waals surface area contributed by atoms with Gasteiger partial charge in [-0.05, 0) is 71.8 Å². The van der Waals surface area contributed by atoms with Crippen LogP contribution in [0.25, 0.3) is 0 Å².